The van der Waals surface area contributed by atoms with Crippen LogP contribution in [0.2, 0.25) is 0 Å². The third kappa shape index (κ3) is 3.35. The Morgan fingerprint density at radius 3 is 2.31 bits per heavy atom. The lowest BCUT2D eigenvalue weighted by atomic mass is 10.2. The lowest BCUT2D eigenvalue weighted by molar-refractivity contribution is -0.0498. The van der Waals surface area contributed by atoms with Gasteiger partial charge >= 0.3 is 6.61 Å². The first-order valence-electron chi connectivity index (χ1n) is 3.58. The van der Waals surface area contributed by atoms with Crippen LogP contribution in [-0.2, 0) is 11.4 Å². The van der Waals surface area contributed by atoms with E-state index in [0.29, 0.717) is 0 Å². The minimum absolute atomic E-state index is 0.121. The molecule has 0 aliphatic rings. The monoisotopic (exact) mass is 189 g/mol. The van der Waals surface area contributed by atoms with Gasteiger partial charge in [-0.15, -0.1) is 0 Å². The van der Waals surface area contributed by atoms with Crippen LogP contribution in [-0.4, -0.2) is 6.61 Å². The van der Waals surface area contributed by atoms with Gasteiger partial charge in [0, 0.05) is 0 Å². The van der Waals surface area contributed by atoms with Gasteiger partial charge in [-0.1, -0.05) is 12.1 Å². The molecule has 2 N–H and O–H groups in total. The summed E-state index contributed by atoms with van der Waals surface area (Å²) in [6, 6.07) is 6.07. The molecule has 0 spiro atoms. The molecule has 5 heteroatoms. The number of benzene rings is 1. The second kappa shape index (κ2) is 4.74. The first kappa shape index (κ1) is 9.88. The molecule has 0 aliphatic heterocycles. The Hall–Kier alpha value is -1.20. The van der Waals surface area contributed by atoms with Gasteiger partial charge in [0.2, 0.25) is 0 Å². The highest BCUT2D eigenvalue weighted by molar-refractivity contribution is 5.26. The molecule has 3 nitrogen and oxygen atoms in total. The molecule has 0 atom stereocenters. The standard InChI is InChI=1S/C8H9F2NO2/c9-8(10)13-7-3-1-6(2-4-7)5-12-11/h1-4,8H,5,11H2. The number of hydrogen-bond acceptors (Lipinski definition) is 3. The Bertz CT molecular complexity index is 251. The summed E-state index contributed by atoms with van der Waals surface area (Å²) in [5.74, 6) is 4.95. The molecular weight excluding hydrogens is 180 g/mol. The molecule has 0 unspecified atom stereocenters. The first-order valence-corrected chi connectivity index (χ1v) is 3.58. The van der Waals surface area contributed by atoms with Crippen LogP contribution >= 0.6 is 0 Å². The number of ether oxygens (including phenoxy) is 1. The maximum absolute atomic E-state index is 11.7. The molecule has 13 heavy (non-hydrogen) atoms. The Labute approximate surface area is 74.0 Å². The van der Waals surface area contributed by atoms with Crippen molar-refractivity contribution >= 4 is 0 Å². The van der Waals surface area contributed by atoms with E-state index in [4.69, 9.17) is 5.90 Å². The maximum Gasteiger partial charge on any atom is 0.387 e. The quantitative estimate of drug-likeness (QED) is 0.733. The highest BCUT2D eigenvalue weighted by Crippen LogP contribution is 2.14. The highest BCUT2D eigenvalue weighted by Gasteiger charge is 2.03. The van der Waals surface area contributed by atoms with Crippen molar-refractivity contribution < 1.29 is 18.4 Å². The van der Waals surface area contributed by atoms with Gasteiger partial charge in [0.1, 0.15) is 5.75 Å². The highest BCUT2D eigenvalue weighted by atomic mass is 19.3. The topological polar surface area (TPSA) is 44.5 Å². The summed E-state index contributed by atoms with van der Waals surface area (Å²) in [6.45, 7) is -2.55. The van der Waals surface area contributed by atoms with Crippen molar-refractivity contribution in [1.29, 1.82) is 0 Å². The van der Waals surface area contributed by atoms with Crippen LogP contribution in [0.4, 0.5) is 8.78 Å². The molecule has 0 saturated carbocycles. The zero-order chi connectivity index (χ0) is 9.68. The zero-order valence-electron chi connectivity index (χ0n) is 6.74. The van der Waals surface area contributed by atoms with Crippen LogP contribution in [0.3, 0.4) is 0 Å². The number of halogens is 2. The second-order valence-electron chi connectivity index (χ2n) is 2.33. The third-order valence-corrected chi connectivity index (χ3v) is 1.40. The van der Waals surface area contributed by atoms with Crippen molar-refractivity contribution in [2.75, 3.05) is 0 Å². The summed E-state index contributed by atoms with van der Waals surface area (Å²) in [7, 11) is 0. The Kier molecular flexibility index (Phi) is 3.60. The molecule has 1 aromatic rings. The fourth-order valence-electron chi connectivity index (χ4n) is 0.863. The van der Waals surface area contributed by atoms with E-state index in [-0.39, 0.29) is 12.4 Å². The van der Waals surface area contributed by atoms with Crippen molar-refractivity contribution in [1.82, 2.24) is 0 Å². The van der Waals surface area contributed by atoms with E-state index in [2.05, 4.69) is 9.57 Å². The molecular formula is C8H9F2NO2. The lowest BCUT2D eigenvalue weighted by Crippen LogP contribution is -2.02. The molecule has 1 rings (SSSR count). The molecule has 1 aromatic carbocycles. The SMILES string of the molecule is NOCc1ccc(OC(F)F)cc1. The summed E-state index contributed by atoms with van der Waals surface area (Å²) in [4.78, 5) is 4.36. The van der Waals surface area contributed by atoms with Gasteiger partial charge in [0.15, 0.2) is 0 Å². The minimum atomic E-state index is -2.79. The normalized spacial score (nSPS) is 10.5. The minimum Gasteiger partial charge on any atom is -0.435 e. The third-order valence-electron chi connectivity index (χ3n) is 1.40. The van der Waals surface area contributed by atoms with Crippen LogP contribution in [0.1, 0.15) is 5.56 Å². The molecule has 0 aromatic heterocycles. The maximum atomic E-state index is 11.7. The van der Waals surface area contributed by atoms with Gasteiger partial charge in [-0.25, -0.2) is 5.90 Å². The first-order chi connectivity index (χ1) is 6.22. The molecule has 0 heterocycles. The molecule has 0 saturated heterocycles. The number of rotatable bonds is 4. The summed E-state index contributed by atoms with van der Waals surface area (Å²) in [5, 5.41) is 0. The van der Waals surface area contributed by atoms with Gasteiger partial charge in [-0.3, -0.25) is 4.84 Å². The fraction of sp³-hybridized carbons (Fsp3) is 0.250. The van der Waals surface area contributed by atoms with E-state index in [1.54, 1.807) is 12.1 Å². The molecule has 72 valence electrons. The van der Waals surface area contributed by atoms with E-state index in [9.17, 15) is 8.78 Å². The van der Waals surface area contributed by atoms with Crippen molar-refractivity contribution in [2.45, 2.75) is 13.2 Å². The van der Waals surface area contributed by atoms with Gasteiger partial charge in [-0.2, -0.15) is 8.78 Å². The molecule has 0 fully saturated rings. The van der Waals surface area contributed by atoms with Gasteiger partial charge in [-0.05, 0) is 17.7 Å². The summed E-state index contributed by atoms with van der Waals surface area (Å²) >= 11 is 0. The molecule has 0 aliphatic carbocycles. The van der Waals surface area contributed by atoms with Gasteiger partial charge < -0.3 is 4.74 Å². The summed E-state index contributed by atoms with van der Waals surface area (Å²) < 4.78 is 27.5. The summed E-state index contributed by atoms with van der Waals surface area (Å²) in [5.41, 5.74) is 0.795. The van der Waals surface area contributed by atoms with E-state index < -0.39 is 6.61 Å². The van der Waals surface area contributed by atoms with Crippen molar-refractivity contribution in [2.24, 2.45) is 5.90 Å². The Morgan fingerprint density at radius 2 is 1.85 bits per heavy atom. The van der Waals surface area contributed by atoms with Gasteiger partial charge in [0.05, 0.1) is 6.61 Å². The van der Waals surface area contributed by atoms with E-state index in [0.717, 1.165) is 5.56 Å². The van der Waals surface area contributed by atoms with Crippen LogP contribution < -0.4 is 10.6 Å². The van der Waals surface area contributed by atoms with Crippen LogP contribution in [0, 0.1) is 0 Å². The zero-order valence-corrected chi connectivity index (χ0v) is 6.74. The van der Waals surface area contributed by atoms with Gasteiger partial charge in [0.25, 0.3) is 0 Å². The average molecular weight is 189 g/mol. The molecule has 0 amide bonds. The largest absolute Gasteiger partial charge is 0.435 e. The number of hydrogen-bond donors (Lipinski definition) is 1. The van der Waals surface area contributed by atoms with Crippen LogP contribution in [0.15, 0.2) is 24.3 Å². The van der Waals surface area contributed by atoms with Crippen LogP contribution in [0.25, 0.3) is 0 Å². The number of alkyl halides is 2. The summed E-state index contributed by atoms with van der Waals surface area (Å²) in [6.07, 6.45) is 0. The number of nitrogens with two attached hydrogens (primary N) is 1. The smallest absolute Gasteiger partial charge is 0.387 e. The van der Waals surface area contributed by atoms with Crippen molar-refractivity contribution in [3.63, 3.8) is 0 Å². The predicted molar refractivity (Wildman–Crippen MR) is 42.1 cm³/mol. The average Bonchev–Trinajstić information content (AvgIpc) is 2.08. The molecule has 0 radical (unpaired) electrons. The van der Waals surface area contributed by atoms with Crippen molar-refractivity contribution in [3.8, 4) is 5.75 Å². The van der Waals surface area contributed by atoms with E-state index >= 15 is 0 Å². The Morgan fingerprint density at radius 1 is 1.23 bits per heavy atom. The second-order valence-corrected chi connectivity index (χ2v) is 2.33. The fourth-order valence-corrected chi connectivity index (χ4v) is 0.863. The van der Waals surface area contributed by atoms with E-state index in [1.807, 2.05) is 0 Å². The molecule has 0 bridgehead atoms. The van der Waals surface area contributed by atoms with Crippen LogP contribution in [0.5, 0.6) is 5.75 Å². The lowest BCUT2D eigenvalue weighted by Gasteiger charge is -2.04. The Balaban J connectivity index is 2.59. The predicted octanol–water partition coefficient (Wildman–Crippen LogP) is 1.68. The van der Waals surface area contributed by atoms with E-state index in [1.165, 1.54) is 12.1 Å². The van der Waals surface area contributed by atoms with Crippen molar-refractivity contribution in [3.05, 3.63) is 29.8 Å².